The molecule has 1 fully saturated rings. The summed E-state index contributed by atoms with van der Waals surface area (Å²) in [7, 11) is 6.30. The van der Waals surface area contributed by atoms with E-state index in [-0.39, 0.29) is 0 Å². The Hall–Kier alpha value is -0.770. The van der Waals surface area contributed by atoms with Crippen molar-refractivity contribution in [3.05, 3.63) is 28.8 Å². The molecule has 2 rings (SSSR count). The van der Waals surface area contributed by atoms with Crippen molar-refractivity contribution in [1.82, 2.24) is 10.2 Å². The number of nitrogens with zero attached hydrogens (tertiary/aromatic N) is 2. The quantitative estimate of drug-likeness (QED) is 0.915. The number of piperidine rings is 1. The largest absolute Gasteiger partial charge is 0.370 e. The van der Waals surface area contributed by atoms with Crippen LogP contribution in [-0.4, -0.2) is 45.2 Å². The highest BCUT2D eigenvalue weighted by Crippen LogP contribution is 2.30. The Kier molecular flexibility index (Phi) is 5.08. The van der Waals surface area contributed by atoms with Gasteiger partial charge in [0.15, 0.2) is 0 Å². The van der Waals surface area contributed by atoms with Crippen LogP contribution in [0.3, 0.4) is 0 Å². The van der Waals surface area contributed by atoms with Gasteiger partial charge in [-0.2, -0.15) is 0 Å². The van der Waals surface area contributed by atoms with Crippen LogP contribution in [0, 0.1) is 0 Å². The summed E-state index contributed by atoms with van der Waals surface area (Å²) in [4.78, 5) is 4.81. The maximum atomic E-state index is 6.35. The normalized spacial score (nSPS) is 20.1. The van der Waals surface area contributed by atoms with Crippen LogP contribution in [-0.2, 0) is 6.54 Å². The average Bonchev–Trinajstić information content (AvgIpc) is 2.41. The zero-order chi connectivity index (χ0) is 13.8. The van der Waals surface area contributed by atoms with E-state index in [0.717, 1.165) is 24.7 Å². The number of hydrogen-bond acceptors (Lipinski definition) is 3. The summed E-state index contributed by atoms with van der Waals surface area (Å²) in [6.07, 6.45) is 2.53. The molecule has 0 amide bonds. The third-order valence-electron chi connectivity index (χ3n) is 3.92. The van der Waals surface area contributed by atoms with E-state index in [0.29, 0.717) is 6.04 Å². The molecule has 3 nitrogen and oxygen atoms in total. The molecule has 0 radical (unpaired) electrons. The fraction of sp³-hybridized carbons (Fsp3) is 0.600. The number of benzene rings is 1. The standard InChI is InChI=1S/C15H24ClN3/c1-17-10-13-14(16)7-4-8-15(13)19-9-5-6-12(11-19)18(2)3/h4,7-8,12,17H,5-6,9-11H2,1-3H3. The molecule has 0 aliphatic carbocycles. The van der Waals surface area contributed by atoms with Gasteiger partial charge >= 0.3 is 0 Å². The van der Waals surface area contributed by atoms with Gasteiger partial charge in [0.1, 0.15) is 0 Å². The minimum Gasteiger partial charge on any atom is -0.370 e. The molecule has 0 saturated carbocycles. The van der Waals surface area contributed by atoms with Crippen LogP contribution in [0.4, 0.5) is 5.69 Å². The van der Waals surface area contributed by atoms with Gasteiger partial charge in [-0.15, -0.1) is 0 Å². The summed E-state index contributed by atoms with van der Waals surface area (Å²) in [6, 6.07) is 6.85. The van der Waals surface area contributed by atoms with Crippen molar-refractivity contribution in [3.8, 4) is 0 Å². The van der Waals surface area contributed by atoms with Gasteiger partial charge in [-0.25, -0.2) is 0 Å². The minimum absolute atomic E-state index is 0.634. The molecule has 0 aromatic heterocycles. The van der Waals surface area contributed by atoms with E-state index in [4.69, 9.17) is 11.6 Å². The first kappa shape index (κ1) is 14.6. The van der Waals surface area contributed by atoms with E-state index in [2.05, 4.69) is 41.3 Å². The SMILES string of the molecule is CNCc1c(Cl)cccc1N1CCCC(N(C)C)C1. The van der Waals surface area contributed by atoms with Crippen molar-refractivity contribution in [2.24, 2.45) is 0 Å². The smallest absolute Gasteiger partial charge is 0.0471 e. The molecule has 0 spiro atoms. The monoisotopic (exact) mass is 281 g/mol. The van der Waals surface area contributed by atoms with Gasteiger partial charge in [0, 0.05) is 41.9 Å². The lowest BCUT2D eigenvalue weighted by Crippen LogP contribution is -2.45. The van der Waals surface area contributed by atoms with Gasteiger partial charge in [-0.1, -0.05) is 17.7 Å². The topological polar surface area (TPSA) is 18.5 Å². The Morgan fingerprint density at radius 2 is 2.21 bits per heavy atom. The summed E-state index contributed by atoms with van der Waals surface area (Å²) in [6.45, 7) is 3.03. The van der Waals surface area contributed by atoms with Crippen LogP contribution in [0.5, 0.6) is 0 Å². The van der Waals surface area contributed by atoms with Gasteiger partial charge < -0.3 is 15.1 Å². The zero-order valence-electron chi connectivity index (χ0n) is 12.1. The van der Waals surface area contributed by atoms with Crippen LogP contribution in [0.25, 0.3) is 0 Å². The number of nitrogens with one attached hydrogen (secondary N) is 1. The van der Waals surface area contributed by atoms with Crippen molar-refractivity contribution < 1.29 is 0 Å². The number of anilines is 1. The highest BCUT2D eigenvalue weighted by Gasteiger charge is 2.23. The molecule has 19 heavy (non-hydrogen) atoms. The van der Waals surface area contributed by atoms with E-state index in [1.165, 1.54) is 24.1 Å². The molecular formula is C15H24ClN3. The van der Waals surface area contributed by atoms with Gasteiger partial charge in [-0.05, 0) is 46.1 Å². The summed E-state index contributed by atoms with van der Waals surface area (Å²) in [5, 5.41) is 4.08. The van der Waals surface area contributed by atoms with Crippen molar-refractivity contribution in [1.29, 1.82) is 0 Å². The van der Waals surface area contributed by atoms with Crippen molar-refractivity contribution >= 4 is 17.3 Å². The lowest BCUT2D eigenvalue weighted by Gasteiger charge is -2.38. The Labute approximate surface area is 121 Å². The molecule has 4 heteroatoms. The lowest BCUT2D eigenvalue weighted by atomic mass is 10.0. The van der Waals surface area contributed by atoms with E-state index in [1.807, 2.05) is 13.1 Å². The molecule has 0 bridgehead atoms. The van der Waals surface area contributed by atoms with Gasteiger partial charge in [0.05, 0.1) is 0 Å². The van der Waals surface area contributed by atoms with E-state index in [1.54, 1.807) is 0 Å². The fourth-order valence-electron chi connectivity index (χ4n) is 2.79. The van der Waals surface area contributed by atoms with E-state index in [9.17, 15) is 0 Å². The first-order valence-electron chi connectivity index (χ1n) is 6.97. The summed E-state index contributed by atoms with van der Waals surface area (Å²) in [5.41, 5.74) is 2.50. The molecule has 106 valence electrons. The predicted molar refractivity (Wildman–Crippen MR) is 83.1 cm³/mol. The Bertz CT molecular complexity index is 420. The van der Waals surface area contributed by atoms with Crippen molar-refractivity contribution in [2.45, 2.75) is 25.4 Å². The Morgan fingerprint density at radius 3 is 2.89 bits per heavy atom. The number of halogens is 1. The first-order chi connectivity index (χ1) is 9.13. The summed E-state index contributed by atoms with van der Waals surface area (Å²) in [5.74, 6) is 0. The molecule has 1 unspecified atom stereocenters. The lowest BCUT2D eigenvalue weighted by molar-refractivity contribution is 0.258. The van der Waals surface area contributed by atoms with Crippen molar-refractivity contribution in [3.63, 3.8) is 0 Å². The molecule has 1 aromatic carbocycles. The highest BCUT2D eigenvalue weighted by molar-refractivity contribution is 6.31. The third-order valence-corrected chi connectivity index (χ3v) is 4.27. The predicted octanol–water partition coefficient (Wildman–Crippen LogP) is 2.59. The van der Waals surface area contributed by atoms with Crippen LogP contribution >= 0.6 is 11.6 Å². The molecule has 1 aliphatic rings. The second-order valence-corrected chi connectivity index (χ2v) is 5.88. The van der Waals surface area contributed by atoms with Crippen LogP contribution < -0.4 is 10.2 Å². The van der Waals surface area contributed by atoms with Crippen molar-refractivity contribution in [2.75, 3.05) is 39.1 Å². The Morgan fingerprint density at radius 1 is 1.42 bits per heavy atom. The number of hydrogen-bond donors (Lipinski definition) is 1. The average molecular weight is 282 g/mol. The molecule has 1 N–H and O–H groups in total. The first-order valence-corrected chi connectivity index (χ1v) is 7.34. The van der Waals surface area contributed by atoms with Crippen LogP contribution in [0.15, 0.2) is 18.2 Å². The summed E-state index contributed by atoms with van der Waals surface area (Å²) >= 11 is 6.35. The highest BCUT2D eigenvalue weighted by atomic mass is 35.5. The minimum atomic E-state index is 0.634. The van der Waals surface area contributed by atoms with E-state index < -0.39 is 0 Å². The molecule has 1 aliphatic heterocycles. The molecule has 1 atom stereocenters. The van der Waals surface area contributed by atoms with Gasteiger partial charge in [0.25, 0.3) is 0 Å². The van der Waals surface area contributed by atoms with Gasteiger partial charge in [-0.3, -0.25) is 0 Å². The zero-order valence-corrected chi connectivity index (χ0v) is 12.9. The molecule has 1 heterocycles. The molecular weight excluding hydrogens is 258 g/mol. The Balaban J connectivity index is 2.23. The maximum absolute atomic E-state index is 6.35. The third kappa shape index (κ3) is 3.41. The summed E-state index contributed by atoms with van der Waals surface area (Å²) < 4.78 is 0. The van der Waals surface area contributed by atoms with Gasteiger partial charge in [0.2, 0.25) is 0 Å². The second-order valence-electron chi connectivity index (χ2n) is 5.47. The molecule has 1 saturated heterocycles. The maximum Gasteiger partial charge on any atom is 0.0471 e. The molecule has 1 aromatic rings. The number of likely N-dealkylation sites (N-methyl/N-ethyl adjacent to an activating group) is 1. The van der Waals surface area contributed by atoms with Crippen LogP contribution in [0.1, 0.15) is 18.4 Å². The fourth-order valence-corrected chi connectivity index (χ4v) is 3.03. The number of rotatable bonds is 4. The van der Waals surface area contributed by atoms with Crippen LogP contribution in [0.2, 0.25) is 5.02 Å². The van der Waals surface area contributed by atoms with E-state index >= 15 is 0 Å². The second kappa shape index (κ2) is 6.60.